The SMILES string of the molecule is CC(C)N(C)CCCCNC(=O)[C@@H]1CC[C@H](C(=O)O)C1. The molecule has 0 aromatic heterocycles. The first-order valence-electron chi connectivity index (χ1n) is 7.62. The van der Waals surface area contributed by atoms with Crippen LogP contribution in [-0.4, -0.2) is 48.1 Å². The first kappa shape index (κ1) is 17.0. The van der Waals surface area contributed by atoms with Crippen LogP contribution in [0.3, 0.4) is 0 Å². The Bertz CT molecular complexity index is 331. The summed E-state index contributed by atoms with van der Waals surface area (Å²) in [6, 6.07) is 0.552. The Morgan fingerprint density at radius 1 is 1.25 bits per heavy atom. The molecule has 1 fully saturated rings. The van der Waals surface area contributed by atoms with E-state index in [0.717, 1.165) is 19.4 Å². The largest absolute Gasteiger partial charge is 0.481 e. The summed E-state index contributed by atoms with van der Waals surface area (Å²) in [5.74, 6) is -1.16. The second-order valence-corrected chi connectivity index (χ2v) is 6.12. The molecule has 0 bridgehead atoms. The quantitative estimate of drug-likeness (QED) is 0.666. The number of amides is 1. The zero-order chi connectivity index (χ0) is 15.1. The maximum atomic E-state index is 11.9. The summed E-state index contributed by atoms with van der Waals surface area (Å²) in [7, 11) is 2.10. The standard InChI is InChI=1S/C15H28N2O3/c1-11(2)17(3)9-5-4-8-16-14(18)12-6-7-13(10-12)15(19)20/h11-13H,4-10H2,1-3H3,(H,16,18)(H,19,20)/t12-,13+/m1/s1. The molecule has 0 heterocycles. The Morgan fingerprint density at radius 3 is 2.45 bits per heavy atom. The Labute approximate surface area is 121 Å². The summed E-state index contributed by atoms with van der Waals surface area (Å²) in [6.45, 7) is 6.07. The first-order valence-corrected chi connectivity index (χ1v) is 7.62. The van der Waals surface area contributed by atoms with Gasteiger partial charge < -0.3 is 15.3 Å². The molecular formula is C15H28N2O3. The number of carbonyl (C=O) groups excluding carboxylic acids is 1. The van der Waals surface area contributed by atoms with Crippen molar-refractivity contribution in [2.24, 2.45) is 11.8 Å². The van der Waals surface area contributed by atoms with Crippen LogP contribution < -0.4 is 5.32 Å². The molecule has 0 radical (unpaired) electrons. The fourth-order valence-corrected chi connectivity index (χ4v) is 2.54. The van der Waals surface area contributed by atoms with Crippen molar-refractivity contribution in [3.63, 3.8) is 0 Å². The number of hydrogen-bond acceptors (Lipinski definition) is 3. The Balaban J connectivity index is 2.11. The third kappa shape index (κ3) is 5.49. The van der Waals surface area contributed by atoms with Crippen LogP contribution in [0.4, 0.5) is 0 Å². The van der Waals surface area contributed by atoms with E-state index in [1.165, 1.54) is 0 Å². The highest BCUT2D eigenvalue weighted by atomic mass is 16.4. The minimum atomic E-state index is -0.767. The topological polar surface area (TPSA) is 69.6 Å². The average Bonchev–Trinajstić information content (AvgIpc) is 2.87. The third-order valence-electron chi connectivity index (χ3n) is 4.27. The first-order chi connectivity index (χ1) is 9.41. The molecule has 0 saturated heterocycles. The van der Waals surface area contributed by atoms with Crippen molar-refractivity contribution in [2.75, 3.05) is 20.1 Å². The molecule has 2 N–H and O–H groups in total. The lowest BCUT2D eigenvalue weighted by Crippen LogP contribution is -2.31. The van der Waals surface area contributed by atoms with Gasteiger partial charge in [-0.1, -0.05) is 0 Å². The zero-order valence-corrected chi connectivity index (χ0v) is 12.9. The van der Waals surface area contributed by atoms with Crippen LogP contribution >= 0.6 is 0 Å². The van der Waals surface area contributed by atoms with E-state index in [4.69, 9.17) is 5.11 Å². The molecule has 1 aliphatic rings. The van der Waals surface area contributed by atoms with Crippen LogP contribution in [-0.2, 0) is 9.59 Å². The molecule has 5 nitrogen and oxygen atoms in total. The van der Waals surface area contributed by atoms with Crippen LogP contribution in [0.2, 0.25) is 0 Å². The molecule has 0 unspecified atom stereocenters. The molecule has 20 heavy (non-hydrogen) atoms. The second-order valence-electron chi connectivity index (χ2n) is 6.12. The summed E-state index contributed by atoms with van der Waals surface area (Å²) in [6.07, 6.45) is 3.87. The van der Waals surface area contributed by atoms with Gasteiger partial charge in [-0.3, -0.25) is 9.59 Å². The Kier molecular flexibility index (Phi) is 6.99. The van der Waals surface area contributed by atoms with Crippen molar-refractivity contribution in [3.05, 3.63) is 0 Å². The van der Waals surface area contributed by atoms with E-state index >= 15 is 0 Å². The summed E-state index contributed by atoms with van der Waals surface area (Å²) in [4.78, 5) is 25.0. The van der Waals surface area contributed by atoms with Crippen LogP contribution in [0.5, 0.6) is 0 Å². The van der Waals surface area contributed by atoms with Crippen molar-refractivity contribution < 1.29 is 14.7 Å². The fourth-order valence-electron chi connectivity index (χ4n) is 2.54. The molecule has 116 valence electrons. The number of unbranched alkanes of at least 4 members (excludes halogenated alkanes) is 1. The highest BCUT2D eigenvalue weighted by molar-refractivity contribution is 5.80. The Morgan fingerprint density at radius 2 is 1.90 bits per heavy atom. The highest BCUT2D eigenvalue weighted by Crippen LogP contribution is 2.31. The van der Waals surface area contributed by atoms with Crippen molar-refractivity contribution in [1.29, 1.82) is 0 Å². The van der Waals surface area contributed by atoms with Gasteiger partial charge in [-0.25, -0.2) is 0 Å². The summed E-state index contributed by atoms with van der Waals surface area (Å²) < 4.78 is 0. The molecule has 1 aliphatic carbocycles. The average molecular weight is 284 g/mol. The van der Waals surface area contributed by atoms with E-state index in [1.807, 2.05) is 0 Å². The van der Waals surface area contributed by atoms with E-state index < -0.39 is 5.97 Å². The minimum Gasteiger partial charge on any atom is -0.481 e. The van der Waals surface area contributed by atoms with Gasteiger partial charge in [-0.15, -0.1) is 0 Å². The summed E-state index contributed by atoms with van der Waals surface area (Å²) in [5, 5.41) is 11.9. The highest BCUT2D eigenvalue weighted by Gasteiger charge is 2.33. The van der Waals surface area contributed by atoms with Crippen molar-refractivity contribution in [1.82, 2.24) is 10.2 Å². The molecular weight excluding hydrogens is 256 g/mol. The summed E-state index contributed by atoms with van der Waals surface area (Å²) >= 11 is 0. The van der Waals surface area contributed by atoms with E-state index in [0.29, 0.717) is 31.8 Å². The number of carboxylic acids is 1. The van der Waals surface area contributed by atoms with Gasteiger partial charge in [0.15, 0.2) is 0 Å². The predicted octanol–water partition coefficient (Wildman–Crippen LogP) is 1.72. The molecule has 5 heteroatoms. The molecule has 0 aromatic carbocycles. The van der Waals surface area contributed by atoms with Gasteiger partial charge in [0.1, 0.15) is 0 Å². The molecule has 1 saturated carbocycles. The van der Waals surface area contributed by atoms with Gasteiger partial charge in [0.2, 0.25) is 5.91 Å². The van der Waals surface area contributed by atoms with Gasteiger partial charge in [0, 0.05) is 18.5 Å². The smallest absolute Gasteiger partial charge is 0.306 e. The van der Waals surface area contributed by atoms with E-state index in [-0.39, 0.29) is 17.7 Å². The van der Waals surface area contributed by atoms with Gasteiger partial charge in [0.05, 0.1) is 5.92 Å². The molecule has 2 atom stereocenters. The molecule has 1 amide bonds. The lowest BCUT2D eigenvalue weighted by molar-refractivity contribution is -0.141. The zero-order valence-electron chi connectivity index (χ0n) is 12.9. The van der Waals surface area contributed by atoms with Crippen LogP contribution in [0.1, 0.15) is 46.0 Å². The minimum absolute atomic E-state index is 0.0333. The monoisotopic (exact) mass is 284 g/mol. The number of carbonyl (C=O) groups is 2. The van der Waals surface area contributed by atoms with E-state index in [2.05, 4.69) is 31.1 Å². The van der Waals surface area contributed by atoms with Gasteiger partial charge in [0.25, 0.3) is 0 Å². The number of aliphatic carboxylic acids is 1. The van der Waals surface area contributed by atoms with Crippen LogP contribution in [0, 0.1) is 11.8 Å². The van der Waals surface area contributed by atoms with Crippen molar-refractivity contribution >= 4 is 11.9 Å². The van der Waals surface area contributed by atoms with Crippen LogP contribution in [0.15, 0.2) is 0 Å². The number of nitrogens with one attached hydrogen (secondary N) is 1. The van der Waals surface area contributed by atoms with E-state index in [9.17, 15) is 9.59 Å². The van der Waals surface area contributed by atoms with Gasteiger partial charge >= 0.3 is 5.97 Å². The lowest BCUT2D eigenvalue weighted by Gasteiger charge is -2.20. The molecule has 0 aromatic rings. The lowest BCUT2D eigenvalue weighted by atomic mass is 10.0. The number of hydrogen-bond donors (Lipinski definition) is 2. The number of rotatable bonds is 8. The third-order valence-corrected chi connectivity index (χ3v) is 4.27. The molecule has 0 aliphatic heterocycles. The van der Waals surface area contributed by atoms with Crippen molar-refractivity contribution in [2.45, 2.75) is 52.0 Å². The van der Waals surface area contributed by atoms with Crippen molar-refractivity contribution in [3.8, 4) is 0 Å². The van der Waals surface area contributed by atoms with Gasteiger partial charge in [-0.05, 0) is 59.5 Å². The number of carboxylic acid groups (broad SMARTS) is 1. The second kappa shape index (κ2) is 8.25. The molecule has 1 rings (SSSR count). The predicted molar refractivity (Wildman–Crippen MR) is 78.5 cm³/mol. The maximum Gasteiger partial charge on any atom is 0.306 e. The van der Waals surface area contributed by atoms with Crippen LogP contribution in [0.25, 0.3) is 0 Å². The summed E-state index contributed by atoms with van der Waals surface area (Å²) in [5.41, 5.74) is 0. The Hall–Kier alpha value is -1.10. The fraction of sp³-hybridized carbons (Fsp3) is 0.867. The normalized spacial score (nSPS) is 22.4. The number of nitrogens with zero attached hydrogens (tertiary/aromatic N) is 1. The maximum absolute atomic E-state index is 11.9. The molecule has 0 spiro atoms. The van der Waals surface area contributed by atoms with E-state index in [1.54, 1.807) is 0 Å². The van der Waals surface area contributed by atoms with Gasteiger partial charge in [-0.2, -0.15) is 0 Å².